The smallest absolute Gasteiger partial charge is 0.290 e. The van der Waals surface area contributed by atoms with Crippen LogP contribution >= 0.6 is 0 Å². The number of nitro benzene ring substituents is 1. The molecule has 0 radical (unpaired) electrons. The Kier molecular flexibility index (Phi) is 4.76. The van der Waals surface area contributed by atoms with Crippen molar-refractivity contribution in [1.29, 1.82) is 5.26 Å². The predicted octanol–water partition coefficient (Wildman–Crippen LogP) is 2.90. The van der Waals surface area contributed by atoms with Crippen LogP contribution in [0.2, 0.25) is 0 Å². The van der Waals surface area contributed by atoms with Gasteiger partial charge in [0, 0.05) is 0 Å². The Balaban J connectivity index is 2.08. The molecule has 21 heavy (non-hydrogen) atoms. The fourth-order valence-corrected chi connectivity index (χ4v) is 2.65. The van der Waals surface area contributed by atoms with Gasteiger partial charge < -0.3 is 10.5 Å². The van der Waals surface area contributed by atoms with Crippen LogP contribution in [-0.4, -0.2) is 17.1 Å². The number of nitro groups is 1. The van der Waals surface area contributed by atoms with Crippen LogP contribution in [0.25, 0.3) is 0 Å². The van der Waals surface area contributed by atoms with Gasteiger partial charge in [-0.25, -0.2) is 0 Å². The number of rotatable bonds is 4. The van der Waals surface area contributed by atoms with Crippen LogP contribution in [0.15, 0.2) is 18.2 Å². The van der Waals surface area contributed by atoms with Crippen molar-refractivity contribution >= 4 is 5.69 Å². The topological polar surface area (TPSA) is 102 Å². The van der Waals surface area contributed by atoms with E-state index in [-0.39, 0.29) is 16.8 Å². The third kappa shape index (κ3) is 3.92. The molecular formula is C15H19N3O3. The van der Waals surface area contributed by atoms with Crippen LogP contribution in [-0.2, 0) is 0 Å². The summed E-state index contributed by atoms with van der Waals surface area (Å²) in [7, 11) is 0. The maximum absolute atomic E-state index is 10.9. The summed E-state index contributed by atoms with van der Waals surface area (Å²) in [6.07, 6.45) is 6.39. The Morgan fingerprint density at radius 1 is 1.33 bits per heavy atom. The van der Waals surface area contributed by atoms with Crippen molar-refractivity contribution in [1.82, 2.24) is 0 Å². The minimum absolute atomic E-state index is 0.0317. The molecule has 0 spiro atoms. The molecule has 6 nitrogen and oxygen atoms in total. The highest BCUT2D eigenvalue weighted by Crippen LogP contribution is 2.28. The summed E-state index contributed by atoms with van der Waals surface area (Å²) in [5, 5.41) is 19.8. The lowest BCUT2D eigenvalue weighted by Crippen LogP contribution is -2.45. The van der Waals surface area contributed by atoms with Crippen molar-refractivity contribution in [2.75, 3.05) is 6.61 Å². The molecule has 0 aromatic heterocycles. The first kappa shape index (κ1) is 15.3. The highest BCUT2D eigenvalue weighted by molar-refractivity contribution is 5.52. The van der Waals surface area contributed by atoms with Gasteiger partial charge in [-0.15, -0.1) is 0 Å². The van der Waals surface area contributed by atoms with Gasteiger partial charge in [0.2, 0.25) is 0 Å². The van der Waals surface area contributed by atoms with Crippen LogP contribution in [0.1, 0.15) is 44.1 Å². The van der Waals surface area contributed by atoms with Gasteiger partial charge in [-0.2, -0.15) is 5.26 Å². The maximum Gasteiger partial charge on any atom is 0.290 e. The third-order valence-electron chi connectivity index (χ3n) is 3.91. The molecule has 6 heteroatoms. The zero-order valence-electron chi connectivity index (χ0n) is 11.9. The van der Waals surface area contributed by atoms with E-state index in [0.29, 0.717) is 12.4 Å². The van der Waals surface area contributed by atoms with Gasteiger partial charge >= 0.3 is 0 Å². The van der Waals surface area contributed by atoms with E-state index in [1.807, 2.05) is 0 Å². The van der Waals surface area contributed by atoms with Gasteiger partial charge in [0.25, 0.3) is 5.69 Å². The van der Waals surface area contributed by atoms with E-state index >= 15 is 0 Å². The quantitative estimate of drug-likeness (QED) is 0.521. The molecule has 0 bridgehead atoms. The van der Waals surface area contributed by atoms with Crippen molar-refractivity contribution < 1.29 is 9.66 Å². The van der Waals surface area contributed by atoms with Gasteiger partial charge in [0.15, 0.2) is 0 Å². The Hall–Kier alpha value is -2.13. The van der Waals surface area contributed by atoms with Crippen LogP contribution in [0.4, 0.5) is 5.69 Å². The molecule has 0 heterocycles. The third-order valence-corrected chi connectivity index (χ3v) is 3.91. The first-order valence-corrected chi connectivity index (χ1v) is 7.14. The lowest BCUT2D eigenvalue weighted by molar-refractivity contribution is -0.385. The Morgan fingerprint density at radius 2 is 2.00 bits per heavy atom. The number of nitriles is 1. The van der Waals surface area contributed by atoms with E-state index in [0.717, 1.165) is 25.7 Å². The number of ether oxygens (including phenoxy) is 1. The van der Waals surface area contributed by atoms with Crippen molar-refractivity contribution in [3.8, 4) is 11.8 Å². The number of benzene rings is 1. The second kappa shape index (κ2) is 6.55. The van der Waals surface area contributed by atoms with E-state index in [4.69, 9.17) is 15.7 Å². The van der Waals surface area contributed by atoms with Gasteiger partial charge in [-0.3, -0.25) is 10.1 Å². The lowest BCUT2D eigenvalue weighted by Gasteiger charge is -2.27. The number of nitrogens with two attached hydrogens (primary N) is 1. The minimum atomic E-state index is -0.574. The van der Waals surface area contributed by atoms with Crippen molar-refractivity contribution in [2.45, 2.75) is 44.1 Å². The van der Waals surface area contributed by atoms with Gasteiger partial charge in [0.05, 0.1) is 16.5 Å². The van der Waals surface area contributed by atoms with Crippen LogP contribution in [0, 0.1) is 21.4 Å². The molecule has 1 fully saturated rings. The Morgan fingerprint density at radius 3 is 2.57 bits per heavy atom. The molecule has 0 amide bonds. The summed E-state index contributed by atoms with van der Waals surface area (Å²) in [5.41, 5.74) is 5.79. The molecule has 1 saturated carbocycles. The monoisotopic (exact) mass is 289 g/mol. The summed E-state index contributed by atoms with van der Waals surface area (Å²) >= 11 is 0. The zero-order valence-corrected chi connectivity index (χ0v) is 11.9. The molecule has 0 aliphatic heterocycles. The highest BCUT2D eigenvalue weighted by atomic mass is 16.6. The molecule has 1 aliphatic rings. The predicted molar refractivity (Wildman–Crippen MR) is 77.9 cm³/mol. The molecule has 1 aromatic rings. The van der Waals surface area contributed by atoms with Crippen molar-refractivity contribution in [3.05, 3.63) is 33.9 Å². The summed E-state index contributed by atoms with van der Waals surface area (Å²) in [6, 6.07) is 6.08. The molecular weight excluding hydrogens is 270 g/mol. The SMILES string of the molecule is N#Cc1ccc(OCC2(N)CCCCCC2)cc1[N+](=O)[O-]. The standard InChI is InChI=1S/C15H19N3O3/c16-10-12-5-6-13(9-14(12)18(19)20)21-11-15(17)7-3-1-2-4-8-15/h5-6,9H,1-4,7-8,11,17H2. The van der Waals surface area contributed by atoms with E-state index in [2.05, 4.69) is 0 Å². The minimum Gasteiger partial charge on any atom is -0.491 e. The van der Waals surface area contributed by atoms with Gasteiger partial charge in [0.1, 0.15) is 24.0 Å². The van der Waals surface area contributed by atoms with E-state index in [9.17, 15) is 10.1 Å². The summed E-state index contributed by atoms with van der Waals surface area (Å²) in [6.45, 7) is 0.343. The highest BCUT2D eigenvalue weighted by Gasteiger charge is 2.27. The first-order valence-electron chi connectivity index (χ1n) is 7.14. The molecule has 112 valence electrons. The molecule has 2 rings (SSSR count). The largest absolute Gasteiger partial charge is 0.491 e. The molecule has 1 aliphatic carbocycles. The molecule has 0 atom stereocenters. The number of hydrogen-bond acceptors (Lipinski definition) is 5. The number of hydrogen-bond donors (Lipinski definition) is 1. The average molecular weight is 289 g/mol. The first-order chi connectivity index (χ1) is 10.0. The maximum atomic E-state index is 10.9. The Labute approximate surface area is 123 Å². The van der Waals surface area contributed by atoms with Gasteiger partial charge in [-0.1, -0.05) is 25.7 Å². The Bertz CT molecular complexity index is 558. The molecule has 2 N–H and O–H groups in total. The molecule has 1 aromatic carbocycles. The van der Waals surface area contributed by atoms with E-state index in [1.165, 1.54) is 25.0 Å². The van der Waals surface area contributed by atoms with Crippen LogP contribution in [0.5, 0.6) is 5.75 Å². The fraction of sp³-hybridized carbons (Fsp3) is 0.533. The second-order valence-corrected chi connectivity index (χ2v) is 5.61. The summed E-state index contributed by atoms with van der Waals surface area (Å²) in [5.74, 6) is 0.384. The average Bonchev–Trinajstić information content (AvgIpc) is 2.70. The van der Waals surface area contributed by atoms with Crippen molar-refractivity contribution in [2.24, 2.45) is 5.73 Å². The van der Waals surface area contributed by atoms with Crippen molar-refractivity contribution in [3.63, 3.8) is 0 Å². The van der Waals surface area contributed by atoms with Crippen LogP contribution in [0.3, 0.4) is 0 Å². The van der Waals surface area contributed by atoms with E-state index < -0.39 is 4.92 Å². The number of nitrogens with zero attached hydrogens (tertiary/aromatic N) is 2. The summed E-state index contributed by atoms with van der Waals surface area (Å²) < 4.78 is 5.66. The fourth-order valence-electron chi connectivity index (χ4n) is 2.65. The molecule has 0 unspecified atom stereocenters. The van der Waals surface area contributed by atoms with Crippen LogP contribution < -0.4 is 10.5 Å². The summed E-state index contributed by atoms with van der Waals surface area (Å²) in [4.78, 5) is 10.3. The zero-order chi connectivity index (χ0) is 15.3. The normalized spacial score (nSPS) is 17.5. The van der Waals surface area contributed by atoms with E-state index in [1.54, 1.807) is 12.1 Å². The van der Waals surface area contributed by atoms with Gasteiger partial charge in [-0.05, 0) is 25.0 Å². The molecule has 0 saturated heterocycles. The lowest BCUT2D eigenvalue weighted by atomic mass is 9.92. The second-order valence-electron chi connectivity index (χ2n) is 5.61.